The van der Waals surface area contributed by atoms with Crippen molar-refractivity contribution in [3.05, 3.63) is 29.8 Å². The van der Waals surface area contributed by atoms with Gasteiger partial charge in [-0.25, -0.2) is 4.79 Å². The fourth-order valence-corrected chi connectivity index (χ4v) is 2.32. The van der Waals surface area contributed by atoms with Crippen molar-refractivity contribution in [3.63, 3.8) is 0 Å². The van der Waals surface area contributed by atoms with Crippen molar-refractivity contribution in [2.75, 3.05) is 19.0 Å². The number of rotatable bonds is 7. The first kappa shape index (κ1) is 15.0. The average Bonchev–Trinajstić information content (AvgIpc) is 2.38. The van der Waals surface area contributed by atoms with Gasteiger partial charge < -0.3 is 9.47 Å². The van der Waals surface area contributed by atoms with E-state index in [1.807, 2.05) is 6.07 Å². The SMILES string of the molecule is COC(=O)c1cccc(OCCC(C)CCBr)c1. The van der Waals surface area contributed by atoms with Gasteiger partial charge in [0, 0.05) is 5.33 Å². The van der Waals surface area contributed by atoms with Crippen molar-refractivity contribution >= 4 is 21.9 Å². The standard InChI is InChI=1S/C14H19BrO3/c1-11(6-8-15)7-9-18-13-5-3-4-12(10-13)14(16)17-2/h3-5,10-11H,6-9H2,1-2H3. The Morgan fingerprint density at radius 2 is 2.17 bits per heavy atom. The number of carbonyl (C=O) groups is 1. The van der Waals surface area contributed by atoms with Crippen LogP contribution < -0.4 is 4.74 Å². The van der Waals surface area contributed by atoms with Gasteiger partial charge >= 0.3 is 5.97 Å². The van der Waals surface area contributed by atoms with Crippen LogP contribution in [0.15, 0.2) is 24.3 Å². The molecule has 0 heterocycles. The van der Waals surface area contributed by atoms with Gasteiger partial charge in [0.25, 0.3) is 0 Å². The van der Waals surface area contributed by atoms with Crippen molar-refractivity contribution in [2.24, 2.45) is 5.92 Å². The molecule has 0 amide bonds. The summed E-state index contributed by atoms with van der Waals surface area (Å²) in [6.07, 6.45) is 2.15. The highest BCUT2D eigenvalue weighted by atomic mass is 79.9. The predicted molar refractivity (Wildman–Crippen MR) is 75.5 cm³/mol. The molecule has 0 saturated carbocycles. The quantitative estimate of drug-likeness (QED) is 0.569. The highest BCUT2D eigenvalue weighted by Gasteiger charge is 2.06. The lowest BCUT2D eigenvalue weighted by atomic mass is 10.1. The summed E-state index contributed by atoms with van der Waals surface area (Å²) in [4.78, 5) is 11.3. The molecule has 4 heteroatoms. The molecule has 0 aliphatic heterocycles. The van der Waals surface area contributed by atoms with Crippen LogP contribution in [-0.2, 0) is 4.74 Å². The van der Waals surface area contributed by atoms with Gasteiger partial charge in [0.2, 0.25) is 0 Å². The minimum Gasteiger partial charge on any atom is -0.494 e. The summed E-state index contributed by atoms with van der Waals surface area (Å²) in [7, 11) is 1.37. The fourth-order valence-electron chi connectivity index (χ4n) is 1.54. The summed E-state index contributed by atoms with van der Waals surface area (Å²) in [5.74, 6) is 1.00. The number of methoxy groups -OCH3 is 1. The lowest BCUT2D eigenvalue weighted by molar-refractivity contribution is 0.0600. The highest BCUT2D eigenvalue weighted by Crippen LogP contribution is 2.16. The first-order valence-corrected chi connectivity index (χ1v) is 7.16. The average molecular weight is 315 g/mol. The molecule has 0 aliphatic carbocycles. The minimum atomic E-state index is -0.340. The summed E-state index contributed by atoms with van der Waals surface area (Å²) in [5, 5.41) is 1.02. The van der Waals surface area contributed by atoms with Gasteiger partial charge in [0.05, 0.1) is 19.3 Å². The number of benzene rings is 1. The topological polar surface area (TPSA) is 35.5 Å². The maximum Gasteiger partial charge on any atom is 0.337 e. The van der Waals surface area contributed by atoms with Crippen LogP contribution in [0.1, 0.15) is 30.1 Å². The lowest BCUT2D eigenvalue weighted by Crippen LogP contribution is -2.06. The number of esters is 1. The normalized spacial score (nSPS) is 11.9. The third-order valence-corrected chi connectivity index (χ3v) is 3.19. The predicted octanol–water partition coefficient (Wildman–Crippen LogP) is 3.66. The Balaban J connectivity index is 2.45. The maximum atomic E-state index is 11.3. The highest BCUT2D eigenvalue weighted by molar-refractivity contribution is 9.09. The summed E-state index contributed by atoms with van der Waals surface area (Å²) in [5.41, 5.74) is 0.517. The second-order valence-corrected chi connectivity index (χ2v) is 5.03. The van der Waals surface area contributed by atoms with Crippen LogP contribution in [-0.4, -0.2) is 25.0 Å². The van der Waals surface area contributed by atoms with Crippen molar-refractivity contribution in [1.29, 1.82) is 0 Å². The molecule has 0 spiro atoms. The first-order chi connectivity index (χ1) is 8.67. The molecule has 1 atom stereocenters. The van der Waals surface area contributed by atoms with Gasteiger partial charge in [0.1, 0.15) is 5.75 Å². The Morgan fingerprint density at radius 1 is 1.39 bits per heavy atom. The largest absolute Gasteiger partial charge is 0.494 e. The Labute approximate surface area is 117 Å². The molecule has 0 bridgehead atoms. The molecule has 3 nitrogen and oxygen atoms in total. The van der Waals surface area contributed by atoms with Crippen LogP contribution in [0.3, 0.4) is 0 Å². The Bertz CT molecular complexity index is 379. The maximum absolute atomic E-state index is 11.3. The molecule has 1 unspecified atom stereocenters. The van der Waals surface area contributed by atoms with Crippen LogP contribution in [0.25, 0.3) is 0 Å². The number of hydrogen-bond acceptors (Lipinski definition) is 3. The van der Waals surface area contributed by atoms with Crippen LogP contribution in [0, 0.1) is 5.92 Å². The van der Waals surface area contributed by atoms with E-state index in [1.54, 1.807) is 18.2 Å². The first-order valence-electron chi connectivity index (χ1n) is 6.04. The van der Waals surface area contributed by atoms with E-state index in [1.165, 1.54) is 7.11 Å². The molecule has 0 saturated heterocycles. The van der Waals surface area contributed by atoms with Crippen LogP contribution in [0.5, 0.6) is 5.75 Å². The van der Waals surface area contributed by atoms with E-state index in [4.69, 9.17) is 4.74 Å². The molecule has 0 aromatic heterocycles. The van der Waals surface area contributed by atoms with Crippen LogP contribution >= 0.6 is 15.9 Å². The van der Waals surface area contributed by atoms with E-state index in [-0.39, 0.29) is 5.97 Å². The Hall–Kier alpha value is -1.03. The Kier molecular flexibility index (Phi) is 6.80. The summed E-state index contributed by atoms with van der Waals surface area (Å²) in [6, 6.07) is 7.07. The molecule has 0 N–H and O–H groups in total. The number of ether oxygens (including phenoxy) is 2. The van der Waals surface area contributed by atoms with Gasteiger partial charge in [-0.05, 0) is 37.0 Å². The van der Waals surface area contributed by atoms with Crippen LogP contribution in [0.4, 0.5) is 0 Å². The van der Waals surface area contributed by atoms with E-state index < -0.39 is 0 Å². The molecular weight excluding hydrogens is 296 g/mol. The van der Waals surface area contributed by atoms with E-state index in [9.17, 15) is 4.79 Å². The zero-order valence-electron chi connectivity index (χ0n) is 10.8. The molecule has 18 heavy (non-hydrogen) atoms. The second kappa shape index (κ2) is 8.14. The number of carbonyl (C=O) groups excluding carboxylic acids is 1. The number of alkyl halides is 1. The number of halogens is 1. The molecule has 1 rings (SSSR count). The summed E-state index contributed by atoms with van der Waals surface area (Å²) < 4.78 is 10.3. The smallest absolute Gasteiger partial charge is 0.337 e. The third kappa shape index (κ3) is 5.08. The van der Waals surface area contributed by atoms with Crippen molar-refractivity contribution < 1.29 is 14.3 Å². The van der Waals surface area contributed by atoms with Crippen LogP contribution in [0.2, 0.25) is 0 Å². The third-order valence-electron chi connectivity index (χ3n) is 2.74. The van der Waals surface area contributed by atoms with E-state index in [2.05, 4.69) is 27.6 Å². The van der Waals surface area contributed by atoms with Gasteiger partial charge in [-0.2, -0.15) is 0 Å². The molecule has 0 radical (unpaired) electrons. The van der Waals surface area contributed by atoms with Gasteiger partial charge in [-0.3, -0.25) is 0 Å². The van der Waals surface area contributed by atoms with E-state index >= 15 is 0 Å². The minimum absolute atomic E-state index is 0.340. The van der Waals surface area contributed by atoms with Gasteiger partial charge in [-0.15, -0.1) is 0 Å². The van der Waals surface area contributed by atoms with E-state index in [0.717, 1.165) is 18.2 Å². The summed E-state index contributed by atoms with van der Waals surface area (Å²) in [6.45, 7) is 2.87. The van der Waals surface area contributed by atoms with Gasteiger partial charge in [-0.1, -0.05) is 28.9 Å². The summed E-state index contributed by atoms with van der Waals surface area (Å²) >= 11 is 3.43. The zero-order valence-corrected chi connectivity index (χ0v) is 12.4. The van der Waals surface area contributed by atoms with Crippen molar-refractivity contribution in [1.82, 2.24) is 0 Å². The number of hydrogen-bond donors (Lipinski definition) is 0. The monoisotopic (exact) mass is 314 g/mol. The molecule has 1 aromatic rings. The molecule has 1 aromatic carbocycles. The molecule has 0 aliphatic rings. The van der Waals surface area contributed by atoms with E-state index in [0.29, 0.717) is 23.8 Å². The fraction of sp³-hybridized carbons (Fsp3) is 0.500. The molecular formula is C14H19BrO3. The van der Waals surface area contributed by atoms with Gasteiger partial charge in [0.15, 0.2) is 0 Å². The second-order valence-electron chi connectivity index (χ2n) is 4.24. The Morgan fingerprint density at radius 3 is 2.83 bits per heavy atom. The molecule has 100 valence electrons. The zero-order chi connectivity index (χ0) is 13.4. The lowest BCUT2D eigenvalue weighted by Gasteiger charge is -2.11. The van der Waals surface area contributed by atoms with Crippen molar-refractivity contribution in [3.8, 4) is 5.75 Å². The van der Waals surface area contributed by atoms with Crippen molar-refractivity contribution in [2.45, 2.75) is 19.8 Å². The molecule has 0 fully saturated rings.